The molecule has 27 heavy (non-hydrogen) atoms. The minimum atomic E-state index is -0.238. The Bertz CT molecular complexity index is 895. The largest absolute Gasteiger partial charge is 0.492 e. The molecule has 3 aromatic rings. The van der Waals surface area contributed by atoms with Gasteiger partial charge in [0.25, 0.3) is 5.91 Å². The van der Waals surface area contributed by atoms with Crippen LogP contribution < -0.4 is 14.8 Å². The molecule has 0 bridgehead atoms. The van der Waals surface area contributed by atoms with Gasteiger partial charge < -0.3 is 14.8 Å². The van der Waals surface area contributed by atoms with Gasteiger partial charge >= 0.3 is 0 Å². The van der Waals surface area contributed by atoms with Crippen LogP contribution >= 0.6 is 11.6 Å². The molecular weight excluding hydrogens is 362 g/mol. The maximum atomic E-state index is 12.4. The zero-order valence-electron chi connectivity index (χ0n) is 14.9. The van der Waals surface area contributed by atoms with Gasteiger partial charge in [0.1, 0.15) is 18.1 Å². The molecule has 0 saturated carbocycles. The van der Waals surface area contributed by atoms with Crippen molar-refractivity contribution in [3.8, 4) is 11.5 Å². The molecular formula is C22H20ClNO3. The Morgan fingerprint density at radius 3 is 2.37 bits per heavy atom. The number of anilines is 1. The highest BCUT2D eigenvalue weighted by molar-refractivity contribution is 6.32. The van der Waals surface area contributed by atoms with Crippen molar-refractivity contribution in [3.05, 3.63) is 88.9 Å². The van der Waals surface area contributed by atoms with Crippen molar-refractivity contribution in [1.29, 1.82) is 0 Å². The fourth-order valence-electron chi connectivity index (χ4n) is 2.49. The van der Waals surface area contributed by atoms with Gasteiger partial charge in [-0.15, -0.1) is 0 Å². The number of hydrogen-bond donors (Lipinski definition) is 1. The lowest BCUT2D eigenvalue weighted by Crippen LogP contribution is -2.12. The normalized spacial score (nSPS) is 10.3. The molecule has 3 aromatic carbocycles. The van der Waals surface area contributed by atoms with E-state index in [2.05, 4.69) is 5.32 Å². The van der Waals surface area contributed by atoms with Crippen molar-refractivity contribution in [2.24, 2.45) is 0 Å². The molecule has 0 atom stereocenters. The zero-order chi connectivity index (χ0) is 19.1. The molecule has 0 aromatic heterocycles. The fourth-order valence-corrected chi connectivity index (χ4v) is 2.73. The van der Waals surface area contributed by atoms with Gasteiger partial charge in [0.15, 0.2) is 0 Å². The number of carbonyl (C=O) groups excluding carboxylic acids is 1. The second-order valence-corrected chi connectivity index (χ2v) is 6.24. The molecule has 3 rings (SSSR count). The quantitative estimate of drug-likeness (QED) is 0.582. The van der Waals surface area contributed by atoms with Crippen molar-refractivity contribution in [3.63, 3.8) is 0 Å². The Balaban J connectivity index is 1.59. The van der Waals surface area contributed by atoms with E-state index < -0.39 is 0 Å². The van der Waals surface area contributed by atoms with E-state index in [9.17, 15) is 4.79 Å². The first-order valence-corrected chi connectivity index (χ1v) is 9.04. The number of amides is 1. The van der Waals surface area contributed by atoms with Crippen molar-refractivity contribution < 1.29 is 14.3 Å². The highest BCUT2D eigenvalue weighted by Crippen LogP contribution is 2.26. The molecule has 0 aliphatic heterocycles. The molecule has 1 N–H and O–H groups in total. The maximum Gasteiger partial charge on any atom is 0.255 e. The molecule has 0 unspecified atom stereocenters. The van der Waals surface area contributed by atoms with Crippen LogP contribution in [0, 0.1) is 0 Å². The van der Waals surface area contributed by atoms with E-state index in [0.717, 1.165) is 11.3 Å². The van der Waals surface area contributed by atoms with E-state index in [1.807, 2.05) is 49.4 Å². The summed E-state index contributed by atoms with van der Waals surface area (Å²) in [5, 5.41) is 3.26. The van der Waals surface area contributed by atoms with Gasteiger partial charge in [-0.1, -0.05) is 41.9 Å². The first-order chi connectivity index (χ1) is 13.2. The van der Waals surface area contributed by atoms with Crippen molar-refractivity contribution in [2.45, 2.75) is 13.5 Å². The van der Waals surface area contributed by atoms with E-state index in [1.54, 1.807) is 30.3 Å². The first kappa shape index (κ1) is 18.8. The van der Waals surface area contributed by atoms with Gasteiger partial charge in [0.05, 0.1) is 11.6 Å². The van der Waals surface area contributed by atoms with E-state index in [4.69, 9.17) is 21.1 Å². The third-order valence-electron chi connectivity index (χ3n) is 3.85. The summed E-state index contributed by atoms with van der Waals surface area (Å²) >= 11 is 6.14. The number of nitrogens with one attached hydrogen (secondary N) is 1. The number of carbonyl (C=O) groups is 1. The Hall–Kier alpha value is -2.98. The monoisotopic (exact) mass is 381 g/mol. The van der Waals surface area contributed by atoms with Crippen molar-refractivity contribution in [2.75, 3.05) is 11.9 Å². The minimum Gasteiger partial charge on any atom is -0.492 e. The van der Waals surface area contributed by atoms with Gasteiger partial charge in [-0.05, 0) is 55.0 Å². The lowest BCUT2D eigenvalue weighted by molar-refractivity contribution is 0.102. The molecule has 0 fully saturated rings. The summed E-state index contributed by atoms with van der Waals surface area (Å²) in [6, 6.07) is 22.2. The van der Waals surface area contributed by atoms with Gasteiger partial charge in [0, 0.05) is 11.3 Å². The summed E-state index contributed by atoms with van der Waals surface area (Å²) in [6.45, 7) is 2.89. The van der Waals surface area contributed by atoms with Crippen LogP contribution in [0.25, 0.3) is 0 Å². The topological polar surface area (TPSA) is 47.6 Å². The van der Waals surface area contributed by atoms with Gasteiger partial charge in [-0.2, -0.15) is 0 Å². The van der Waals surface area contributed by atoms with Crippen LogP contribution in [0.15, 0.2) is 72.8 Å². The summed E-state index contributed by atoms with van der Waals surface area (Å²) < 4.78 is 11.1. The molecule has 1 amide bonds. The Labute approximate surface area is 163 Å². The van der Waals surface area contributed by atoms with Crippen LogP contribution in [0.4, 0.5) is 5.69 Å². The highest BCUT2D eigenvalue weighted by atomic mass is 35.5. The van der Waals surface area contributed by atoms with Crippen LogP contribution in [0.5, 0.6) is 11.5 Å². The molecule has 138 valence electrons. The van der Waals surface area contributed by atoms with Crippen molar-refractivity contribution >= 4 is 23.2 Å². The SMILES string of the molecule is CCOc1ccc(C(=O)Nc2ccc(OCc3ccccc3)cc2)cc1Cl. The van der Waals surface area contributed by atoms with Crippen LogP contribution in [0.1, 0.15) is 22.8 Å². The standard InChI is InChI=1S/C22H20ClNO3/c1-2-26-21-13-8-17(14-20(21)23)22(25)24-18-9-11-19(12-10-18)27-15-16-6-4-3-5-7-16/h3-14H,2,15H2,1H3,(H,24,25). The van der Waals surface area contributed by atoms with E-state index in [0.29, 0.717) is 35.2 Å². The number of benzene rings is 3. The van der Waals surface area contributed by atoms with E-state index in [-0.39, 0.29) is 5.91 Å². The molecule has 4 nitrogen and oxygen atoms in total. The predicted octanol–water partition coefficient (Wildman–Crippen LogP) is 5.57. The third-order valence-corrected chi connectivity index (χ3v) is 4.15. The third kappa shape index (κ3) is 5.25. The number of rotatable bonds is 7. The second kappa shape index (κ2) is 9.10. The Morgan fingerprint density at radius 2 is 1.70 bits per heavy atom. The molecule has 0 aliphatic rings. The van der Waals surface area contributed by atoms with Crippen LogP contribution in [-0.4, -0.2) is 12.5 Å². The Morgan fingerprint density at radius 1 is 0.963 bits per heavy atom. The van der Waals surface area contributed by atoms with Gasteiger partial charge in [0.2, 0.25) is 0 Å². The number of hydrogen-bond acceptors (Lipinski definition) is 3. The van der Waals surface area contributed by atoms with Gasteiger partial charge in [-0.25, -0.2) is 0 Å². The number of ether oxygens (including phenoxy) is 2. The smallest absolute Gasteiger partial charge is 0.255 e. The maximum absolute atomic E-state index is 12.4. The molecule has 5 heteroatoms. The summed E-state index contributed by atoms with van der Waals surface area (Å²) in [5.41, 5.74) is 2.24. The van der Waals surface area contributed by atoms with E-state index >= 15 is 0 Å². The number of halogens is 1. The second-order valence-electron chi connectivity index (χ2n) is 5.83. The van der Waals surface area contributed by atoms with E-state index in [1.165, 1.54) is 0 Å². The van der Waals surface area contributed by atoms with Gasteiger partial charge in [-0.3, -0.25) is 4.79 Å². The molecule has 0 spiro atoms. The molecule has 0 heterocycles. The Kier molecular flexibility index (Phi) is 6.34. The molecule has 0 aliphatic carbocycles. The minimum absolute atomic E-state index is 0.238. The van der Waals surface area contributed by atoms with Crippen LogP contribution in [0.3, 0.4) is 0 Å². The summed E-state index contributed by atoms with van der Waals surface area (Å²) in [5.74, 6) is 1.06. The average Bonchev–Trinajstić information content (AvgIpc) is 2.70. The zero-order valence-corrected chi connectivity index (χ0v) is 15.7. The summed E-state index contributed by atoms with van der Waals surface area (Å²) in [6.07, 6.45) is 0. The molecule has 0 saturated heterocycles. The average molecular weight is 382 g/mol. The lowest BCUT2D eigenvalue weighted by Gasteiger charge is -2.10. The predicted molar refractivity (Wildman–Crippen MR) is 108 cm³/mol. The first-order valence-electron chi connectivity index (χ1n) is 8.66. The molecule has 0 radical (unpaired) electrons. The lowest BCUT2D eigenvalue weighted by atomic mass is 10.2. The summed E-state index contributed by atoms with van der Waals surface area (Å²) in [7, 11) is 0. The van der Waals surface area contributed by atoms with Crippen molar-refractivity contribution in [1.82, 2.24) is 0 Å². The van der Waals surface area contributed by atoms with Crippen LogP contribution in [-0.2, 0) is 6.61 Å². The highest BCUT2D eigenvalue weighted by Gasteiger charge is 2.10. The fraction of sp³-hybridized carbons (Fsp3) is 0.136. The van der Waals surface area contributed by atoms with Crippen LogP contribution in [0.2, 0.25) is 5.02 Å². The summed E-state index contributed by atoms with van der Waals surface area (Å²) in [4.78, 5) is 12.4.